The van der Waals surface area contributed by atoms with Crippen molar-refractivity contribution >= 4 is 19.7 Å². The Hall–Kier alpha value is -1.16. The minimum absolute atomic E-state index is 0.501. The third kappa shape index (κ3) is 3.06. The smallest absolute Gasteiger partial charge is 0.198 e. The van der Waals surface area contributed by atoms with Crippen LogP contribution in [0.5, 0.6) is 0 Å². The maximum Gasteiger partial charge on any atom is 0.198 e. The van der Waals surface area contributed by atoms with E-state index < -0.39 is 58.5 Å². The highest BCUT2D eigenvalue weighted by Crippen LogP contribution is 2.28. The van der Waals surface area contributed by atoms with Crippen LogP contribution in [0.2, 0.25) is 0 Å². The molecule has 0 aliphatic rings. The minimum Gasteiger partial charge on any atom is -0.228 e. The molecule has 0 radical (unpaired) electrons. The predicted octanol–water partition coefficient (Wildman–Crippen LogP) is 1.33. The summed E-state index contributed by atoms with van der Waals surface area (Å²) in [6.07, 6.45) is 0.501. The van der Waals surface area contributed by atoms with Gasteiger partial charge in [-0.25, -0.2) is 34.4 Å². The molecule has 0 aromatic heterocycles. The van der Waals surface area contributed by atoms with Crippen molar-refractivity contribution in [3.8, 4) is 0 Å². The van der Waals surface area contributed by atoms with E-state index in [1.807, 2.05) is 0 Å². The number of hydrogen-bond donors (Lipinski definition) is 0. The zero-order valence-electron chi connectivity index (χ0n) is 9.67. The van der Waals surface area contributed by atoms with Gasteiger partial charge in [0.25, 0.3) is 0 Å². The molecular weight excluding hydrogens is 312 g/mol. The van der Waals surface area contributed by atoms with Gasteiger partial charge in [0.2, 0.25) is 0 Å². The predicted molar refractivity (Wildman–Crippen MR) is 57.9 cm³/mol. The molecular formula is C9H8F4O4S2. The summed E-state index contributed by atoms with van der Waals surface area (Å²) in [5.74, 6) is -8.04. The third-order valence-electron chi connectivity index (χ3n) is 2.12. The van der Waals surface area contributed by atoms with Crippen LogP contribution < -0.4 is 0 Å². The summed E-state index contributed by atoms with van der Waals surface area (Å²) in [6.45, 7) is 0.712. The van der Waals surface area contributed by atoms with E-state index in [0.29, 0.717) is 13.2 Å². The molecule has 1 rings (SSSR count). The number of sulfone groups is 2. The van der Waals surface area contributed by atoms with E-state index in [-0.39, 0.29) is 0 Å². The lowest BCUT2D eigenvalue weighted by Gasteiger charge is -2.09. The fourth-order valence-electron chi connectivity index (χ4n) is 1.34. The topological polar surface area (TPSA) is 68.3 Å². The van der Waals surface area contributed by atoms with Crippen LogP contribution in [-0.2, 0) is 19.7 Å². The number of halogens is 4. The molecule has 0 N–H and O–H groups in total. The quantitative estimate of drug-likeness (QED) is 0.622. The third-order valence-corrected chi connectivity index (χ3v) is 6.06. The highest BCUT2D eigenvalue weighted by molar-refractivity contribution is 8.07. The molecule has 1 aromatic rings. The second-order valence-corrected chi connectivity index (χ2v) is 8.30. The highest BCUT2D eigenvalue weighted by atomic mass is 32.3. The summed E-state index contributed by atoms with van der Waals surface area (Å²) in [7, 11) is -9.22. The Morgan fingerprint density at radius 2 is 1.21 bits per heavy atom. The first-order valence-corrected chi connectivity index (χ1v) is 8.33. The molecule has 0 bridgehead atoms. The molecule has 0 heterocycles. The SMILES string of the molecule is Cc1c(F)c(F)c(S(=O)(=O)CS(C)(=O)=O)c(F)c1F. The zero-order valence-corrected chi connectivity index (χ0v) is 11.3. The van der Waals surface area contributed by atoms with Crippen LogP contribution in [0.3, 0.4) is 0 Å². The number of rotatable bonds is 3. The molecule has 108 valence electrons. The molecule has 10 heteroatoms. The average molecular weight is 320 g/mol. The number of benzene rings is 1. The fourth-order valence-corrected chi connectivity index (χ4v) is 4.79. The standard InChI is InChI=1S/C9H8F4O4S2/c1-4-5(10)7(12)9(8(13)6(4)11)19(16,17)3-18(2,14)15/h3H2,1-2H3. The van der Waals surface area contributed by atoms with Gasteiger partial charge in [0.15, 0.2) is 48.0 Å². The van der Waals surface area contributed by atoms with E-state index in [2.05, 4.69) is 0 Å². The Labute approximate surface area is 106 Å². The highest BCUT2D eigenvalue weighted by Gasteiger charge is 2.33. The van der Waals surface area contributed by atoms with E-state index >= 15 is 0 Å². The zero-order chi connectivity index (χ0) is 15.2. The maximum atomic E-state index is 13.4. The van der Waals surface area contributed by atoms with Crippen molar-refractivity contribution in [2.75, 3.05) is 11.3 Å². The Kier molecular flexibility index (Phi) is 3.97. The van der Waals surface area contributed by atoms with Crippen molar-refractivity contribution in [1.29, 1.82) is 0 Å². The van der Waals surface area contributed by atoms with E-state index in [1.165, 1.54) is 0 Å². The monoisotopic (exact) mass is 320 g/mol. The lowest BCUT2D eigenvalue weighted by molar-refractivity contribution is 0.412. The van der Waals surface area contributed by atoms with E-state index in [9.17, 15) is 34.4 Å². The van der Waals surface area contributed by atoms with Crippen LogP contribution in [0, 0.1) is 30.2 Å². The molecule has 19 heavy (non-hydrogen) atoms. The van der Waals surface area contributed by atoms with Gasteiger partial charge >= 0.3 is 0 Å². The van der Waals surface area contributed by atoms with Crippen LogP contribution in [-0.4, -0.2) is 28.2 Å². The minimum atomic E-state index is -5.06. The molecule has 0 aliphatic carbocycles. The van der Waals surface area contributed by atoms with Crippen LogP contribution in [0.15, 0.2) is 4.90 Å². The molecule has 0 atom stereocenters. The van der Waals surface area contributed by atoms with Crippen molar-refractivity contribution in [3.63, 3.8) is 0 Å². The first-order chi connectivity index (χ1) is 8.38. The van der Waals surface area contributed by atoms with Crippen molar-refractivity contribution < 1.29 is 34.4 Å². The first-order valence-electron chi connectivity index (χ1n) is 4.61. The molecule has 0 spiro atoms. The summed E-state index contributed by atoms with van der Waals surface area (Å²) in [4.78, 5) is -1.92. The summed E-state index contributed by atoms with van der Waals surface area (Å²) in [5.41, 5.74) is -1.03. The van der Waals surface area contributed by atoms with Crippen LogP contribution >= 0.6 is 0 Å². The summed E-state index contributed by atoms with van der Waals surface area (Å²) in [6, 6.07) is 0. The second-order valence-electron chi connectivity index (χ2n) is 3.87. The lowest BCUT2D eigenvalue weighted by atomic mass is 10.2. The van der Waals surface area contributed by atoms with E-state index in [4.69, 9.17) is 0 Å². The Morgan fingerprint density at radius 3 is 1.53 bits per heavy atom. The van der Waals surface area contributed by atoms with Crippen molar-refractivity contribution in [1.82, 2.24) is 0 Å². The van der Waals surface area contributed by atoms with Gasteiger partial charge in [-0.15, -0.1) is 0 Å². The summed E-state index contributed by atoms with van der Waals surface area (Å²) in [5, 5.41) is -1.66. The van der Waals surface area contributed by atoms with E-state index in [1.54, 1.807) is 0 Å². The van der Waals surface area contributed by atoms with Crippen LogP contribution in [0.1, 0.15) is 5.56 Å². The first kappa shape index (κ1) is 15.9. The Morgan fingerprint density at radius 1 is 0.842 bits per heavy atom. The van der Waals surface area contributed by atoms with Crippen molar-refractivity contribution in [2.45, 2.75) is 11.8 Å². The maximum absolute atomic E-state index is 13.4. The van der Waals surface area contributed by atoms with Gasteiger partial charge in [0.05, 0.1) is 0 Å². The van der Waals surface area contributed by atoms with E-state index in [0.717, 1.165) is 0 Å². The lowest BCUT2D eigenvalue weighted by Crippen LogP contribution is -2.20. The molecule has 1 aromatic carbocycles. The normalized spacial score (nSPS) is 12.7. The molecule has 0 aliphatic heterocycles. The van der Waals surface area contributed by atoms with Gasteiger partial charge in [-0.1, -0.05) is 0 Å². The largest absolute Gasteiger partial charge is 0.228 e. The molecule has 4 nitrogen and oxygen atoms in total. The molecule has 0 amide bonds. The van der Waals surface area contributed by atoms with Crippen molar-refractivity contribution in [2.24, 2.45) is 0 Å². The van der Waals surface area contributed by atoms with Crippen molar-refractivity contribution in [3.05, 3.63) is 28.8 Å². The molecule has 0 fully saturated rings. The van der Waals surface area contributed by atoms with Gasteiger partial charge in [-0.3, -0.25) is 0 Å². The van der Waals surface area contributed by atoms with Gasteiger partial charge in [0.1, 0.15) is 4.90 Å². The summed E-state index contributed by atoms with van der Waals surface area (Å²) < 4.78 is 98.0. The second kappa shape index (κ2) is 4.75. The average Bonchev–Trinajstić information content (AvgIpc) is 2.20. The van der Waals surface area contributed by atoms with Gasteiger partial charge < -0.3 is 0 Å². The Bertz CT molecular complexity index is 709. The summed E-state index contributed by atoms with van der Waals surface area (Å²) >= 11 is 0. The van der Waals surface area contributed by atoms with Crippen LogP contribution in [0.25, 0.3) is 0 Å². The Balaban J connectivity index is 3.71. The van der Waals surface area contributed by atoms with Gasteiger partial charge in [-0.05, 0) is 6.92 Å². The van der Waals surface area contributed by atoms with Gasteiger partial charge in [-0.2, -0.15) is 0 Å². The molecule has 0 unspecified atom stereocenters. The molecule has 0 saturated heterocycles. The van der Waals surface area contributed by atoms with Crippen LogP contribution in [0.4, 0.5) is 17.6 Å². The molecule has 0 saturated carbocycles. The fraction of sp³-hybridized carbons (Fsp3) is 0.333. The number of hydrogen-bond acceptors (Lipinski definition) is 4. The van der Waals surface area contributed by atoms with Gasteiger partial charge in [0, 0.05) is 11.8 Å².